The van der Waals surface area contributed by atoms with Gasteiger partial charge in [0.2, 0.25) is 0 Å². The highest BCUT2D eigenvalue weighted by atomic mass is 16.5. The van der Waals surface area contributed by atoms with Crippen molar-refractivity contribution in [1.82, 2.24) is 4.90 Å². The van der Waals surface area contributed by atoms with Crippen molar-refractivity contribution in [2.75, 3.05) is 18.5 Å². The Morgan fingerprint density at radius 3 is 2.77 bits per heavy atom. The topological polar surface area (TPSA) is 41.6 Å². The largest absolute Gasteiger partial charge is 0.376 e. The monoisotopic (exact) mass is 300 g/mol. The second-order valence-corrected chi connectivity index (χ2v) is 6.81. The first kappa shape index (κ1) is 14.1. The number of hydrogen-bond donors (Lipinski definition) is 1. The van der Waals surface area contributed by atoms with Crippen LogP contribution in [0.15, 0.2) is 24.3 Å². The lowest BCUT2D eigenvalue weighted by Crippen LogP contribution is -2.62. The fourth-order valence-electron chi connectivity index (χ4n) is 4.22. The molecule has 1 amide bonds. The molecule has 1 atom stereocenters. The number of carbonyl (C=O) groups excluding carboxylic acids is 1. The highest BCUT2D eigenvalue weighted by Crippen LogP contribution is 2.40. The Morgan fingerprint density at radius 1 is 1.18 bits per heavy atom. The van der Waals surface area contributed by atoms with Gasteiger partial charge in [-0.1, -0.05) is 18.6 Å². The van der Waals surface area contributed by atoms with Gasteiger partial charge in [0.05, 0.1) is 11.7 Å². The van der Waals surface area contributed by atoms with Crippen LogP contribution < -0.4 is 5.32 Å². The van der Waals surface area contributed by atoms with Crippen LogP contribution in [0.25, 0.3) is 0 Å². The summed E-state index contributed by atoms with van der Waals surface area (Å²) < 4.78 is 5.80. The van der Waals surface area contributed by atoms with Crippen LogP contribution in [0.3, 0.4) is 0 Å². The van der Waals surface area contributed by atoms with E-state index in [2.05, 4.69) is 10.2 Å². The molecule has 1 aromatic rings. The Hall–Kier alpha value is -1.55. The number of nitrogens with zero attached hydrogens (tertiary/aromatic N) is 1. The van der Waals surface area contributed by atoms with E-state index in [0.29, 0.717) is 0 Å². The Bertz CT molecular complexity index is 560. The molecule has 4 rings (SSSR count). The zero-order valence-corrected chi connectivity index (χ0v) is 13.0. The molecule has 22 heavy (non-hydrogen) atoms. The minimum absolute atomic E-state index is 0.173. The number of carbonyl (C=O) groups is 1. The minimum atomic E-state index is -0.199. The molecular formula is C18H24N2O2. The average molecular weight is 300 g/mol. The second-order valence-electron chi connectivity index (χ2n) is 6.81. The summed E-state index contributed by atoms with van der Waals surface area (Å²) >= 11 is 0. The molecule has 1 saturated carbocycles. The lowest BCUT2D eigenvalue weighted by molar-refractivity contribution is 0.0108. The molecule has 1 spiro atoms. The van der Waals surface area contributed by atoms with Crippen LogP contribution in [0.1, 0.15) is 55.3 Å². The molecule has 2 aliphatic heterocycles. The van der Waals surface area contributed by atoms with E-state index < -0.39 is 0 Å². The van der Waals surface area contributed by atoms with Crippen LogP contribution in [-0.2, 0) is 4.74 Å². The first-order valence-corrected chi connectivity index (χ1v) is 8.59. The van der Waals surface area contributed by atoms with Gasteiger partial charge in [0.1, 0.15) is 5.66 Å². The molecule has 1 saturated heterocycles. The molecule has 0 bridgehead atoms. The van der Waals surface area contributed by atoms with Crippen molar-refractivity contribution in [3.05, 3.63) is 29.8 Å². The van der Waals surface area contributed by atoms with Gasteiger partial charge >= 0.3 is 0 Å². The zero-order chi connectivity index (χ0) is 15.0. The molecule has 0 radical (unpaired) electrons. The van der Waals surface area contributed by atoms with Crippen molar-refractivity contribution >= 4 is 11.6 Å². The summed E-state index contributed by atoms with van der Waals surface area (Å²) in [6.45, 7) is 1.56. The van der Waals surface area contributed by atoms with E-state index in [1.807, 2.05) is 24.3 Å². The Labute approximate surface area is 131 Å². The molecule has 3 aliphatic rings. The van der Waals surface area contributed by atoms with Crippen molar-refractivity contribution in [3.8, 4) is 0 Å². The van der Waals surface area contributed by atoms with Gasteiger partial charge in [0, 0.05) is 18.8 Å². The lowest BCUT2D eigenvalue weighted by Gasteiger charge is -2.51. The van der Waals surface area contributed by atoms with Gasteiger partial charge in [-0.3, -0.25) is 4.79 Å². The number of fused-ring (bicyclic) bond motifs is 1. The smallest absolute Gasteiger partial charge is 0.257 e. The van der Waals surface area contributed by atoms with Crippen molar-refractivity contribution in [2.24, 2.45) is 0 Å². The number of benzene rings is 1. The van der Waals surface area contributed by atoms with Gasteiger partial charge in [-0.2, -0.15) is 0 Å². The number of para-hydroxylation sites is 1. The van der Waals surface area contributed by atoms with Crippen molar-refractivity contribution in [2.45, 2.75) is 56.7 Å². The molecule has 1 N–H and O–H groups in total. The summed E-state index contributed by atoms with van der Waals surface area (Å²) in [6.07, 6.45) is 8.11. The predicted molar refractivity (Wildman–Crippen MR) is 85.9 cm³/mol. The molecule has 1 aliphatic carbocycles. The molecule has 1 aromatic carbocycles. The maximum Gasteiger partial charge on any atom is 0.257 e. The van der Waals surface area contributed by atoms with E-state index >= 15 is 0 Å². The highest BCUT2D eigenvalue weighted by molar-refractivity contribution is 6.02. The molecule has 118 valence electrons. The van der Waals surface area contributed by atoms with Gasteiger partial charge in [0.25, 0.3) is 5.91 Å². The van der Waals surface area contributed by atoms with Gasteiger partial charge in [-0.05, 0) is 50.7 Å². The molecule has 2 heterocycles. The third-order valence-electron chi connectivity index (χ3n) is 5.38. The molecular weight excluding hydrogens is 276 g/mol. The van der Waals surface area contributed by atoms with Crippen LogP contribution in [0.4, 0.5) is 5.69 Å². The molecule has 2 fully saturated rings. The number of nitrogens with one attached hydrogen (secondary N) is 1. The van der Waals surface area contributed by atoms with E-state index in [4.69, 9.17) is 4.74 Å². The molecule has 0 aromatic heterocycles. The van der Waals surface area contributed by atoms with E-state index in [9.17, 15) is 4.79 Å². The Balaban J connectivity index is 1.69. The summed E-state index contributed by atoms with van der Waals surface area (Å²) in [4.78, 5) is 15.2. The van der Waals surface area contributed by atoms with Gasteiger partial charge in [-0.25, -0.2) is 0 Å². The normalized spacial score (nSPS) is 26.8. The summed E-state index contributed by atoms with van der Waals surface area (Å²) in [7, 11) is 0. The SMILES string of the molecule is O=C1c2ccccc2NC2(CCCCC2)N1C[C@H]1CCCO1. The van der Waals surface area contributed by atoms with Crippen LogP contribution in [0, 0.1) is 0 Å². The average Bonchev–Trinajstić information content (AvgIpc) is 3.06. The Kier molecular flexibility index (Phi) is 3.57. The molecule has 0 unspecified atom stereocenters. The third-order valence-corrected chi connectivity index (χ3v) is 5.38. The zero-order valence-electron chi connectivity index (χ0n) is 13.0. The van der Waals surface area contributed by atoms with Crippen LogP contribution in [0.5, 0.6) is 0 Å². The van der Waals surface area contributed by atoms with Gasteiger partial charge in [0.15, 0.2) is 0 Å². The third kappa shape index (κ3) is 2.30. The summed E-state index contributed by atoms with van der Waals surface area (Å²) in [6, 6.07) is 7.92. The fraction of sp³-hybridized carbons (Fsp3) is 0.611. The van der Waals surface area contributed by atoms with Gasteiger partial charge in [-0.15, -0.1) is 0 Å². The molecule has 4 nitrogen and oxygen atoms in total. The number of hydrogen-bond acceptors (Lipinski definition) is 3. The molecule has 4 heteroatoms. The summed E-state index contributed by atoms with van der Waals surface area (Å²) in [5.41, 5.74) is 1.60. The lowest BCUT2D eigenvalue weighted by atomic mass is 9.84. The van der Waals surface area contributed by atoms with Crippen LogP contribution in [0.2, 0.25) is 0 Å². The van der Waals surface area contributed by atoms with Crippen molar-refractivity contribution in [3.63, 3.8) is 0 Å². The van der Waals surface area contributed by atoms with E-state index in [1.54, 1.807) is 0 Å². The Morgan fingerprint density at radius 2 is 2.00 bits per heavy atom. The maximum absolute atomic E-state index is 13.1. The number of anilines is 1. The highest BCUT2D eigenvalue weighted by Gasteiger charge is 2.45. The first-order valence-electron chi connectivity index (χ1n) is 8.59. The quantitative estimate of drug-likeness (QED) is 0.910. The van der Waals surface area contributed by atoms with Crippen LogP contribution >= 0.6 is 0 Å². The maximum atomic E-state index is 13.1. The standard InChI is InChI=1S/C18H24N2O2/c21-17-15-8-2-3-9-16(15)19-18(10-4-1-5-11-18)20(17)13-14-7-6-12-22-14/h2-3,8-9,14,19H,1,4-7,10-13H2/t14-/m1/s1. The number of rotatable bonds is 2. The summed E-state index contributed by atoms with van der Waals surface area (Å²) in [5, 5.41) is 3.72. The van der Waals surface area contributed by atoms with E-state index in [-0.39, 0.29) is 17.7 Å². The van der Waals surface area contributed by atoms with Crippen molar-refractivity contribution < 1.29 is 9.53 Å². The fourth-order valence-corrected chi connectivity index (χ4v) is 4.22. The van der Waals surface area contributed by atoms with E-state index in [0.717, 1.165) is 50.1 Å². The number of ether oxygens (including phenoxy) is 1. The number of amides is 1. The predicted octanol–water partition coefficient (Wildman–Crippen LogP) is 3.39. The van der Waals surface area contributed by atoms with Crippen LogP contribution in [-0.4, -0.2) is 35.7 Å². The van der Waals surface area contributed by atoms with Crippen molar-refractivity contribution in [1.29, 1.82) is 0 Å². The van der Waals surface area contributed by atoms with E-state index in [1.165, 1.54) is 19.3 Å². The van der Waals surface area contributed by atoms with Gasteiger partial charge < -0.3 is 15.0 Å². The minimum Gasteiger partial charge on any atom is -0.376 e. The summed E-state index contributed by atoms with van der Waals surface area (Å²) in [5.74, 6) is 0.173. The first-order chi connectivity index (χ1) is 10.8. The second kappa shape index (κ2) is 5.58.